The average Bonchev–Trinajstić information content (AvgIpc) is 2.59. The Labute approximate surface area is 107 Å². The minimum Gasteiger partial charge on any atom is -0.481 e. The lowest BCUT2D eigenvalue weighted by Gasteiger charge is -2.03. The van der Waals surface area contributed by atoms with E-state index in [1.807, 2.05) is 0 Å². The van der Waals surface area contributed by atoms with Crippen molar-refractivity contribution in [2.75, 3.05) is 0 Å². The normalized spacial score (nSPS) is 10.3. The van der Waals surface area contributed by atoms with Gasteiger partial charge in [0.15, 0.2) is 0 Å². The van der Waals surface area contributed by atoms with Crippen LogP contribution in [0.4, 0.5) is 0 Å². The van der Waals surface area contributed by atoms with E-state index in [0.717, 1.165) is 0 Å². The maximum atomic E-state index is 11.7. The number of carboxylic acid groups (broad SMARTS) is 1. The third-order valence-electron chi connectivity index (χ3n) is 2.71. The van der Waals surface area contributed by atoms with Crippen molar-refractivity contribution in [1.82, 2.24) is 15.2 Å². The van der Waals surface area contributed by atoms with Gasteiger partial charge in [0.05, 0.1) is 5.39 Å². The highest BCUT2D eigenvalue weighted by Gasteiger charge is 2.13. The van der Waals surface area contributed by atoms with Crippen LogP contribution in [0.25, 0.3) is 11.0 Å². The van der Waals surface area contributed by atoms with Gasteiger partial charge in [-0.05, 0) is 18.9 Å². The van der Waals surface area contributed by atoms with Crippen molar-refractivity contribution >= 4 is 29.4 Å². The fraction of sp³-hybridized carbons (Fsp3) is 0.300. The standard InChI is InChI=1S/C10H11N3O4.ClH/c1-4-5(2-3-6(14)15)9(16)11-8-7(4)10(17)13-12-8;/h2-3H2,1H3,(H,14,15)(H3,11,12,13,16,17);1H. The fourth-order valence-corrected chi connectivity index (χ4v) is 1.85. The Morgan fingerprint density at radius 1 is 1.22 bits per heavy atom. The van der Waals surface area contributed by atoms with E-state index in [-0.39, 0.29) is 36.4 Å². The van der Waals surface area contributed by atoms with Crippen LogP contribution in [0.1, 0.15) is 17.5 Å². The molecule has 7 nitrogen and oxygen atoms in total. The average molecular weight is 274 g/mol. The van der Waals surface area contributed by atoms with E-state index < -0.39 is 5.97 Å². The molecule has 0 aliphatic rings. The fourth-order valence-electron chi connectivity index (χ4n) is 1.85. The molecular weight excluding hydrogens is 262 g/mol. The third kappa shape index (κ3) is 2.30. The summed E-state index contributed by atoms with van der Waals surface area (Å²) in [5.74, 6) is -0.980. The first-order chi connectivity index (χ1) is 8.00. The SMILES string of the molecule is Cc1c(CCC(=O)O)c(=O)[nH]c2[nH][nH]c(=O)c12.Cl. The second-order valence-electron chi connectivity index (χ2n) is 3.78. The second-order valence-corrected chi connectivity index (χ2v) is 3.78. The number of aryl methyl sites for hydroxylation is 1. The number of aromatic amines is 3. The summed E-state index contributed by atoms with van der Waals surface area (Å²) in [4.78, 5) is 36.2. The van der Waals surface area contributed by atoms with E-state index >= 15 is 0 Å². The van der Waals surface area contributed by atoms with Gasteiger partial charge in [-0.2, -0.15) is 0 Å². The Morgan fingerprint density at radius 3 is 2.50 bits per heavy atom. The van der Waals surface area contributed by atoms with Crippen LogP contribution in [0.15, 0.2) is 9.59 Å². The van der Waals surface area contributed by atoms with E-state index in [2.05, 4.69) is 15.2 Å². The van der Waals surface area contributed by atoms with E-state index in [4.69, 9.17) is 5.11 Å². The number of hydrogen-bond acceptors (Lipinski definition) is 3. The minimum atomic E-state index is -0.980. The number of pyridine rings is 1. The van der Waals surface area contributed by atoms with E-state index in [0.29, 0.717) is 22.2 Å². The van der Waals surface area contributed by atoms with Gasteiger partial charge in [0.1, 0.15) is 5.65 Å². The van der Waals surface area contributed by atoms with Gasteiger partial charge in [-0.3, -0.25) is 24.6 Å². The number of halogens is 1. The van der Waals surface area contributed by atoms with Gasteiger partial charge in [-0.1, -0.05) is 0 Å². The summed E-state index contributed by atoms with van der Waals surface area (Å²) in [5.41, 5.74) is 0.492. The molecule has 0 bridgehead atoms. The number of H-pyrrole nitrogens is 3. The van der Waals surface area contributed by atoms with Crippen molar-refractivity contribution in [2.45, 2.75) is 19.8 Å². The second kappa shape index (κ2) is 5.09. The van der Waals surface area contributed by atoms with Gasteiger partial charge in [0.2, 0.25) is 0 Å². The predicted octanol–water partition coefficient (Wildman–Crippen LogP) is 0.292. The molecule has 0 amide bonds. The Bertz CT molecular complexity index is 697. The molecule has 0 saturated carbocycles. The molecule has 0 aliphatic carbocycles. The molecule has 18 heavy (non-hydrogen) atoms. The van der Waals surface area contributed by atoms with Gasteiger partial charge in [0, 0.05) is 12.0 Å². The van der Waals surface area contributed by atoms with Crippen molar-refractivity contribution in [3.05, 3.63) is 31.8 Å². The molecule has 0 aliphatic heterocycles. The molecule has 0 radical (unpaired) electrons. The summed E-state index contributed by atoms with van der Waals surface area (Å²) < 4.78 is 0. The summed E-state index contributed by atoms with van der Waals surface area (Å²) in [6.07, 6.45) is -0.0329. The third-order valence-corrected chi connectivity index (χ3v) is 2.71. The highest BCUT2D eigenvalue weighted by atomic mass is 35.5. The summed E-state index contributed by atoms with van der Waals surface area (Å²) in [6.45, 7) is 1.64. The summed E-state index contributed by atoms with van der Waals surface area (Å²) >= 11 is 0. The van der Waals surface area contributed by atoms with Crippen molar-refractivity contribution in [3.63, 3.8) is 0 Å². The summed E-state index contributed by atoms with van der Waals surface area (Å²) in [5, 5.41) is 13.9. The number of carboxylic acids is 1. The van der Waals surface area contributed by atoms with Crippen LogP contribution in [-0.4, -0.2) is 26.3 Å². The number of rotatable bonds is 3. The Balaban J connectivity index is 0.00000162. The predicted molar refractivity (Wildman–Crippen MR) is 67.5 cm³/mol. The van der Waals surface area contributed by atoms with Crippen LogP contribution < -0.4 is 11.1 Å². The molecule has 0 aromatic carbocycles. The molecule has 0 fully saturated rings. The first-order valence-electron chi connectivity index (χ1n) is 5.04. The molecule has 2 heterocycles. The maximum absolute atomic E-state index is 11.7. The number of fused-ring (bicyclic) bond motifs is 1. The van der Waals surface area contributed by atoms with Gasteiger partial charge in [-0.15, -0.1) is 12.4 Å². The molecule has 8 heteroatoms. The Kier molecular flexibility index (Phi) is 3.97. The summed E-state index contributed by atoms with van der Waals surface area (Å²) in [6, 6.07) is 0. The number of nitrogens with one attached hydrogen (secondary N) is 3. The summed E-state index contributed by atoms with van der Waals surface area (Å²) in [7, 11) is 0. The lowest BCUT2D eigenvalue weighted by molar-refractivity contribution is -0.136. The number of aromatic nitrogens is 3. The molecule has 0 saturated heterocycles. The number of carbonyl (C=O) groups is 1. The van der Waals surface area contributed by atoms with E-state index in [1.165, 1.54) is 0 Å². The zero-order chi connectivity index (χ0) is 12.6. The van der Waals surface area contributed by atoms with Crippen molar-refractivity contribution in [3.8, 4) is 0 Å². The lowest BCUT2D eigenvalue weighted by atomic mass is 10.0. The van der Waals surface area contributed by atoms with Crippen molar-refractivity contribution < 1.29 is 9.90 Å². The molecule has 98 valence electrons. The Hall–Kier alpha value is -2.02. The largest absolute Gasteiger partial charge is 0.481 e. The Morgan fingerprint density at radius 2 is 1.89 bits per heavy atom. The number of aliphatic carboxylic acids is 1. The minimum absolute atomic E-state index is 0. The van der Waals surface area contributed by atoms with Crippen molar-refractivity contribution in [1.29, 1.82) is 0 Å². The molecule has 0 atom stereocenters. The van der Waals surface area contributed by atoms with Crippen molar-refractivity contribution in [2.24, 2.45) is 0 Å². The van der Waals surface area contributed by atoms with Crippen LogP contribution in [0.5, 0.6) is 0 Å². The quantitative estimate of drug-likeness (QED) is 0.643. The topological polar surface area (TPSA) is 119 Å². The first-order valence-corrected chi connectivity index (χ1v) is 5.04. The zero-order valence-electron chi connectivity index (χ0n) is 9.49. The molecule has 2 rings (SSSR count). The first kappa shape index (κ1) is 14.0. The highest BCUT2D eigenvalue weighted by Crippen LogP contribution is 2.12. The van der Waals surface area contributed by atoms with Gasteiger partial charge in [0.25, 0.3) is 11.1 Å². The molecular formula is C10H12ClN3O4. The van der Waals surface area contributed by atoms with E-state index in [9.17, 15) is 14.4 Å². The van der Waals surface area contributed by atoms with Crippen LogP contribution in [0, 0.1) is 6.92 Å². The molecule has 4 N–H and O–H groups in total. The van der Waals surface area contributed by atoms with Gasteiger partial charge in [-0.25, -0.2) is 0 Å². The zero-order valence-corrected chi connectivity index (χ0v) is 10.3. The highest BCUT2D eigenvalue weighted by molar-refractivity contribution is 5.85. The number of hydrogen-bond donors (Lipinski definition) is 4. The molecule has 2 aromatic rings. The van der Waals surface area contributed by atoms with Crippen LogP contribution in [0.3, 0.4) is 0 Å². The molecule has 2 aromatic heterocycles. The van der Waals surface area contributed by atoms with Gasteiger partial charge < -0.3 is 10.1 Å². The van der Waals surface area contributed by atoms with Crippen LogP contribution in [0.2, 0.25) is 0 Å². The lowest BCUT2D eigenvalue weighted by Crippen LogP contribution is -2.17. The van der Waals surface area contributed by atoms with Crippen LogP contribution >= 0.6 is 12.4 Å². The van der Waals surface area contributed by atoms with Crippen LogP contribution in [-0.2, 0) is 11.2 Å². The monoisotopic (exact) mass is 273 g/mol. The maximum Gasteiger partial charge on any atom is 0.303 e. The smallest absolute Gasteiger partial charge is 0.303 e. The molecule has 0 spiro atoms. The molecule has 0 unspecified atom stereocenters. The van der Waals surface area contributed by atoms with Gasteiger partial charge >= 0.3 is 5.97 Å². The van der Waals surface area contributed by atoms with E-state index in [1.54, 1.807) is 6.92 Å².